The Bertz CT molecular complexity index is 388. The molecule has 0 N–H and O–H groups in total. The van der Waals surface area contributed by atoms with Crippen LogP contribution in [0.15, 0.2) is 11.1 Å². The Balaban J connectivity index is 5.59. The molecule has 0 radical (unpaired) electrons. The predicted molar refractivity (Wildman–Crippen MR) is 88.5 cm³/mol. The van der Waals surface area contributed by atoms with Gasteiger partial charge in [0.25, 0.3) is 0 Å². The minimum Gasteiger partial charge on any atom is -0.463 e. The third-order valence-corrected chi connectivity index (χ3v) is 3.15. The van der Waals surface area contributed by atoms with Gasteiger partial charge in [-0.2, -0.15) is 0 Å². The molecule has 0 aliphatic carbocycles. The van der Waals surface area contributed by atoms with Gasteiger partial charge in [0.05, 0.1) is 13.2 Å². The lowest BCUT2D eigenvalue weighted by atomic mass is 9.85. The highest BCUT2D eigenvalue weighted by molar-refractivity contribution is 6.00. The number of esters is 2. The first-order valence-corrected chi connectivity index (χ1v) is 8.33. The Hall–Kier alpha value is -1.32. The molecule has 128 valence electrons. The van der Waals surface area contributed by atoms with Crippen LogP contribution in [-0.2, 0) is 19.1 Å². The zero-order chi connectivity index (χ0) is 17.2. The van der Waals surface area contributed by atoms with E-state index in [4.69, 9.17) is 9.47 Å². The van der Waals surface area contributed by atoms with Gasteiger partial charge >= 0.3 is 11.9 Å². The van der Waals surface area contributed by atoms with Crippen LogP contribution < -0.4 is 0 Å². The van der Waals surface area contributed by atoms with E-state index in [0.717, 1.165) is 19.3 Å². The van der Waals surface area contributed by atoms with Gasteiger partial charge in [0.1, 0.15) is 0 Å². The molecule has 0 heterocycles. The van der Waals surface area contributed by atoms with Crippen LogP contribution in [0, 0.1) is 5.41 Å². The molecular weight excluding hydrogens is 280 g/mol. The van der Waals surface area contributed by atoms with Crippen molar-refractivity contribution in [1.82, 2.24) is 0 Å². The van der Waals surface area contributed by atoms with Crippen molar-refractivity contribution in [3.63, 3.8) is 0 Å². The number of unbranched alkanes of at least 4 members (excludes halogenated alkanes) is 2. The van der Waals surface area contributed by atoms with E-state index in [-0.39, 0.29) is 11.4 Å². The summed E-state index contributed by atoms with van der Waals surface area (Å²) in [4.78, 5) is 24.6. The molecule has 0 aromatic rings. The van der Waals surface area contributed by atoms with Crippen molar-refractivity contribution in [2.24, 2.45) is 5.41 Å². The van der Waals surface area contributed by atoms with E-state index < -0.39 is 5.97 Å². The molecule has 0 amide bonds. The minimum atomic E-state index is -0.392. The smallest absolute Gasteiger partial charge is 0.334 e. The Morgan fingerprint density at radius 2 is 1.32 bits per heavy atom. The molecule has 0 spiro atoms. The molecule has 0 saturated carbocycles. The summed E-state index contributed by atoms with van der Waals surface area (Å²) in [6, 6.07) is 0. The molecule has 0 rings (SSSR count). The molecule has 22 heavy (non-hydrogen) atoms. The summed E-state index contributed by atoms with van der Waals surface area (Å²) in [6.45, 7) is 12.4. The Kier molecular flexibility index (Phi) is 9.79. The average molecular weight is 312 g/mol. The molecule has 0 aliphatic rings. The van der Waals surface area contributed by atoms with Crippen LogP contribution in [0.2, 0.25) is 0 Å². The number of carbonyl (C=O) groups excluding carboxylic acids is 2. The molecule has 0 aliphatic heterocycles. The standard InChI is InChI=1S/C18H32O4/c1-7-10-11-12-14(16(19)21-8-2)15(13-18(4,5)6)17(20)22-9-3/h7-13H2,1-6H3/b15-14-. The summed E-state index contributed by atoms with van der Waals surface area (Å²) in [6.07, 6.45) is 4.03. The second-order valence-corrected chi connectivity index (χ2v) is 6.59. The first-order chi connectivity index (χ1) is 10.3. The van der Waals surface area contributed by atoms with Gasteiger partial charge in [-0.1, -0.05) is 40.5 Å². The lowest BCUT2D eigenvalue weighted by molar-refractivity contribution is -0.142. The maximum atomic E-state index is 12.3. The topological polar surface area (TPSA) is 52.6 Å². The van der Waals surface area contributed by atoms with E-state index in [1.807, 2.05) is 20.8 Å². The van der Waals surface area contributed by atoms with Gasteiger partial charge in [-0.3, -0.25) is 0 Å². The summed E-state index contributed by atoms with van der Waals surface area (Å²) in [5.74, 6) is -0.775. The molecule has 4 nitrogen and oxygen atoms in total. The lowest BCUT2D eigenvalue weighted by Crippen LogP contribution is -2.21. The lowest BCUT2D eigenvalue weighted by Gasteiger charge is -2.22. The zero-order valence-electron chi connectivity index (χ0n) is 15.1. The fourth-order valence-corrected chi connectivity index (χ4v) is 2.20. The monoisotopic (exact) mass is 312 g/mol. The number of hydrogen-bond donors (Lipinski definition) is 0. The number of ether oxygens (including phenoxy) is 2. The highest BCUT2D eigenvalue weighted by Gasteiger charge is 2.26. The largest absolute Gasteiger partial charge is 0.463 e. The summed E-state index contributed by atoms with van der Waals surface area (Å²) >= 11 is 0. The number of rotatable bonds is 9. The summed E-state index contributed by atoms with van der Waals surface area (Å²) in [7, 11) is 0. The molecule has 0 unspecified atom stereocenters. The van der Waals surface area contributed by atoms with E-state index in [1.165, 1.54) is 0 Å². The van der Waals surface area contributed by atoms with E-state index in [0.29, 0.717) is 37.2 Å². The van der Waals surface area contributed by atoms with Crippen molar-refractivity contribution in [3.8, 4) is 0 Å². The fraction of sp³-hybridized carbons (Fsp3) is 0.778. The normalized spacial score (nSPS) is 12.6. The van der Waals surface area contributed by atoms with Crippen LogP contribution in [0.1, 0.15) is 73.6 Å². The Morgan fingerprint density at radius 3 is 1.73 bits per heavy atom. The maximum Gasteiger partial charge on any atom is 0.334 e. The van der Waals surface area contributed by atoms with Crippen molar-refractivity contribution in [3.05, 3.63) is 11.1 Å². The number of carbonyl (C=O) groups is 2. The second kappa shape index (κ2) is 10.4. The van der Waals surface area contributed by atoms with Crippen molar-refractivity contribution in [1.29, 1.82) is 0 Å². The molecule has 4 heteroatoms. The molecule has 0 aromatic carbocycles. The van der Waals surface area contributed by atoms with Crippen LogP contribution >= 0.6 is 0 Å². The van der Waals surface area contributed by atoms with Crippen LogP contribution in [0.25, 0.3) is 0 Å². The first kappa shape index (κ1) is 20.7. The second-order valence-electron chi connectivity index (χ2n) is 6.59. The highest BCUT2D eigenvalue weighted by Crippen LogP contribution is 2.29. The van der Waals surface area contributed by atoms with E-state index >= 15 is 0 Å². The summed E-state index contributed by atoms with van der Waals surface area (Å²) < 4.78 is 10.3. The van der Waals surface area contributed by atoms with Crippen molar-refractivity contribution < 1.29 is 19.1 Å². The maximum absolute atomic E-state index is 12.3. The van der Waals surface area contributed by atoms with Crippen molar-refractivity contribution in [2.45, 2.75) is 73.6 Å². The summed E-state index contributed by atoms with van der Waals surface area (Å²) in [5.41, 5.74) is 0.859. The van der Waals surface area contributed by atoms with E-state index in [2.05, 4.69) is 6.92 Å². The van der Waals surface area contributed by atoms with Crippen LogP contribution in [-0.4, -0.2) is 25.2 Å². The van der Waals surface area contributed by atoms with Gasteiger partial charge in [-0.05, 0) is 38.5 Å². The Labute approximate surface area is 135 Å². The SMILES string of the molecule is CCCCC/C(C(=O)OCC)=C(\CC(C)(C)C)C(=O)OCC. The van der Waals surface area contributed by atoms with E-state index in [9.17, 15) is 9.59 Å². The summed E-state index contributed by atoms with van der Waals surface area (Å²) in [5, 5.41) is 0. The van der Waals surface area contributed by atoms with Crippen molar-refractivity contribution in [2.75, 3.05) is 13.2 Å². The molecule has 0 bridgehead atoms. The molecular formula is C18H32O4. The number of hydrogen-bond acceptors (Lipinski definition) is 4. The van der Waals surface area contributed by atoms with Gasteiger partial charge in [0, 0.05) is 11.1 Å². The quantitative estimate of drug-likeness (QED) is 0.359. The van der Waals surface area contributed by atoms with Gasteiger partial charge in [0.2, 0.25) is 0 Å². The fourth-order valence-electron chi connectivity index (χ4n) is 2.20. The average Bonchev–Trinajstić information content (AvgIpc) is 2.41. The van der Waals surface area contributed by atoms with Crippen molar-refractivity contribution >= 4 is 11.9 Å². The zero-order valence-corrected chi connectivity index (χ0v) is 15.1. The molecule has 0 saturated heterocycles. The Morgan fingerprint density at radius 1 is 0.818 bits per heavy atom. The van der Waals surface area contributed by atoms with Gasteiger partial charge in [-0.25, -0.2) is 9.59 Å². The third-order valence-electron chi connectivity index (χ3n) is 3.15. The van der Waals surface area contributed by atoms with Crippen LogP contribution in [0.4, 0.5) is 0 Å². The first-order valence-electron chi connectivity index (χ1n) is 8.33. The van der Waals surface area contributed by atoms with E-state index in [1.54, 1.807) is 13.8 Å². The minimum absolute atomic E-state index is 0.107. The van der Waals surface area contributed by atoms with Gasteiger partial charge in [-0.15, -0.1) is 0 Å². The highest BCUT2D eigenvalue weighted by atomic mass is 16.5. The molecule has 0 aromatic heterocycles. The van der Waals surface area contributed by atoms with Crippen LogP contribution in [0.3, 0.4) is 0 Å². The predicted octanol–water partition coefficient (Wildman–Crippen LogP) is 4.43. The van der Waals surface area contributed by atoms with Gasteiger partial charge in [0.15, 0.2) is 0 Å². The molecule has 0 atom stereocenters. The third kappa shape index (κ3) is 8.20. The van der Waals surface area contributed by atoms with Gasteiger partial charge < -0.3 is 9.47 Å². The molecule has 0 fully saturated rings. The van der Waals surface area contributed by atoms with Crippen LogP contribution in [0.5, 0.6) is 0 Å².